The van der Waals surface area contributed by atoms with Crippen LogP contribution in [0.25, 0.3) is 11.5 Å². The first-order valence-corrected chi connectivity index (χ1v) is 6.71. The SMILES string of the molecule is Cc1cccc(-c2nnc(CSC(C)C)o2)c1. The molecule has 4 heteroatoms. The normalized spacial score (nSPS) is 11.1. The van der Waals surface area contributed by atoms with Crippen LogP contribution in [0, 0.1) is 6.92 Å². The third kappa shape index (κ3) is 3.33. The van der Waals surface area contributed by atoms with Crippen LogP contribution in [0.1, 0.15) is 25.3 Å². The lowest BCUT2D eigenvalue weighted by Gasteiger charge is -1.99. The minimum Gasteiger partial charge on any atom is -0.420 e. The lowest BCUT2D eigenvalue weighted by Crippen LogP contribution is -1.88. The maximum Gasteiger partial charge on any atom is 0.247 e. The van der Waals surface area contributed by atoms with Gasteiger partial charge in [0.2, 0.25) is 11.8 Å². The van der Waals surface area contributed by atoms with Crippen LogP contribution in [0.2, 0.25) is 0 Å². The number of benzene rings is 1. The molecule has 1 aromatic heterocycles. The molecular formula is C13H16N2OS. The van der Waals surface area contributed by atoms with E-state index in [1.54, 1.807) is 11.8 Å². The molecule has 0 bridgehead atoms. The van der Waals surface area contributed by atoms with Crippen molar-refractivity contribution < 1.29 is 4.42 Å². The van der Waals surface area contributed by atoms with E-state index >= 15 is 0 Å². The van der Waals surface area contributed by atoms with Gasteiger partial charge in [0.15, 0.2) is 0 Å². The van der Waals surface area contributed by atoms with Gasteiger partial charge in [0.05, 0.1) is 5.75 Å². The highest BCUT2D eigenvalue weighted by atomic mass is 32.2. The van der Waals surface area contributed by atoms with E-state index < -0.39 is 0 Å². The molecule has 0 spiro atoms. The topological polar surface area (TPSA) is 38.9 Å². The Kier molecular flexibility index (Phi) is 3.84. The summed E-state index contributed by atoms with van der Waals surface area (Å²) in [5.74, 6) is 2.07. The van der Waals surface area contributed by atoms with Crippen molar-refractivity contribution in [3.05, 3.63) is 35.7 Å². The van der Waals surface area contributed by atoms with Crippen molar-refractivity contribution >= 4 is 11.8 Å². The molecule has 0 aliphatic rings. The zero-order valence-electron chi connectivity index (χ0n) is 10.3. The zero-order valence-corrected chi connectivity index (χ0v) is 11.1. The van der Waals surface area contributed by atoms with E-state index in [1.165, 1.54) is 5.56 Å². The molecule has 2 aromatic rings. The molecule has 3 nitrogen and oxygen atoms in total. The molecule has 0 fully saturated rings. The molecule has 0 aliphatic carbocycles. The molecule has 17 heavy (non-hydrogen) atoms. The average molecular weight is 248 g/mol. The van der Waals surface area contributed by atoms with Crippen LogP contribution in [0.5, 0.6) is 0 Å². The first kappa shape index (κ1) is 12.2. The summed E-state index contributed by atoms with van der Waals surface area (Å²) in [6.45, 7) is 6.36. The number of rotatable bonds is 4. The number of thioether (sulfide) groups is 1. The summed E-state index contributed by atoms with van der Waals surface area (Å²) in [7, 11) is 0. The molecule has 0 N–H and O–H groups in total. The van der Waals surface area contributed by atoms with Gasteiger partial charge >= 0.3 is 0 Å². The summed E-state index contributed by atoms with van der Waals surface area (Å²) >= 11 is 1.80. The highest BCUT2D eigenvalue weighted by molar-refractivity contribution is 7.99. The van der Waals surface area contributed by atoms with Gasteiger partial charge in [0.25, 0.3) is 0 Å². The van der Waals surface area contributed by atoms with Crippen molar-refractivity contribution in [3.8, 4) is 11.5 Å². The fourth-order valence-corrected chi connectivity index (χ4v) is 2.04. The Hall–Kier alpha value is -1.29. The minimum absolute atomic E-state index is 0.573. The van der Waals surface area contributed by atoms with Crippen molar-refractivity contribution in [2.45, 2.75) is 31.8 Å². The lowest BCUT2D eigenvalue weighted by molar-refractivity contribution is 0.528. The Morgan fingerprint density at radius 2 is 2.12 bits per heavy atom. The van der Waals surface area contributed by atoms with Crippen LogP contribution < -0.4 is 0 Å². The Bertz CT molecular complexity index is 494. The van der Waals surface area contributed by atoms with E-state index in [0.29, 0.717) is 17.0 Å². The lowest BCUT2D eigenvalue weighted by atomic mass is 10.1. The van der Waals surface area contributed by atoms with Crippen LogP contribution >= 0.6 is 11.8 Å². The first-order valence-electron chi connectivity index (χ1n) is 5.66. The Morgan fingerprint density at radius 1 is 1.29 bits per heavy atom. The number of hydrogen-bond donors (Lipinski definition) is 0. The van der Waals surface area contributed by atoms with Crippen LogP contribution in [-0.2, 0) is 5.75 Å². The standard InChI is InChI=1S/C13H16N2OS/c1-9(2)17-8-12-14-15-13(16-12)11-6-4-5-10(3)7-11/h4-7,9H,8H2,1-3H3. The maximum absolute atomic E-state index is 5.63. The van der Waals surface area contributed by atoms with Crippen molar-refractivity contribution in [3.63, 3.8) is 0 Å². The van der Waals surface area contributed by atoms with Gasteiger partial charge in [-0.05, 0) is 24.3 Å². The molecule has 0 amide bonds. The number of aromatic nitrogens is 2. The summed E-state index contributed by atoms with van der Waals surface area (Å²) < 4.78 is 5.63. The molecule has 1 aromatic carbocycles. The van der Waals surface area contributed by atoms with E-state index in [4.69, 9.17) is 4.42 Å². The van der Waals surface area contributed by atoms with Crippen LogP contribution in [-0.4, -0.2) is 15.4 Å². The molecule has 90 valence electrons. The van der Waals surface area contributed by atoms with E-state index in [9.17, 15) is 0 Å². The second-order valence-electron chi connectivity index (χ2n) is 4.23. The smallest absolute Gasteiger partial charge is 0.247 e. The largest absolute Gasteiger partial charge is 0.420 e. The van der Waals surface area contributed by atoms with Crippen molar-refractivity contribution in [2.75, 3.05) is 0 Å². The van der Waals surface area contributed by atoms with Gasteiger partial charge in [0.1, 0.15) is 0 Å². The van der Waals surface area contributed by atoms with E-state index in [2.05, 4.69) is 37.0 Å². The molecule has 2 rings (SSSR count). The second-order valence-corrected chi connectivity index (χ2v) is 5.80. The molecule has 0 atom stereocenters. The number of hydrogen-bond acceptors (Lipinski definition) is 4. The van der Waals surface area contributed by atoms with Crippen molar-refractivity contribution in [2.24, 2.45) is 0 Å². The second kappa shape index (κ2) is 5.36. The predicted molar refractivity (Wildman–Crippen MR) is 70.9 cm³/mol. The van der Waals surface area contributed by atoms with Crippen LogP contribution in [0.15, 0.2) is 28.7 Å². The first-order chi connectivity index (χ1) is 8.15. The molecule has 0 radical (unpaired) electrons. The predicted octanol–water partition coefficient (Wildman–Crippen LogP) is 3.69. The van der Waals surface area contributed by atoms with Gasteiger partial charge in [0, 0.05) is 5.56 Å². The quantitative estimate of drug-likeness (QED) is 0.827. The summed E-state index contributed by atoms with van der Waals surface area (Å²) in [4.78, 5) is 0. The monoisotopic (exact) mass is 248 g/mol. The highest BCUT2D eigenvalue weighted by Crippen LogP contribution is 2.22. The molecule has 0 aliphatic heterocycles. The van der Waals surface area contributed by atoms with E-state index in [-0.39, 0.29) is 0 Å². The average Bonchev–Trinajstić information content (AvgIpc) is 2.75. The summed E-state index contributed by atoms with van der Waals surface area (Å²) in [5.41, 5.74) is 2.18. The molecule has 0 saturated heterocycles. The van der Waals surface area contributed by atoms with Gasteiger partial charge in [-0.15, -0.1) is 22.0 Å². The Morgan fingerprint density at radius 3 is 2.82 bits per heavy atom. The van der Waals surface area contributed by atoms with Gasteiger partial charge in [-0.1, -0.05) is 31.5 Å². The third-order valence-electron chi connectivity index (χ3n) is 2.27. The summed E-state index contributed by atoms with van der Waals surface area (Å²) in [6.07, 6.45) is 0. The summed E-state index contributed by atoms with van der Waals surface area (Å²) in [6, 6.07) is 8.08. The molecule has 0 saturated carbocycles. The molecule has 1 heterocycles. The van der Waals surface area contributed by atoms with Crippen LogP contribution in [0.3, 0.4) is 0 Å². The van der Waals surface area contributed by atoms with Gasteiger partial charge in [-0.3, -0.25) is 0 Å². The minimum atomic E-state index is 0.573. The fraction of sp³-hybridized carbons (Fsp3) is 0.385. The van der Waals surface area contributed by atoms with Gasteiger partial charge in [-0.25, -0.2) is 0 Å². The molecular weight excluding hydrogens is 232 g/mol. The van der Waals surface area contributed by atoms with Gasteiger partial charge in [-0.2, -0.15) is 0 Å². The number of aryl methyl sites for hydroxylation is 1. The van der Waals surface area contributed by atoms with Crippen molar-refractivity contribution in [1.29, 1.82) is 0 Å². The van der Waals surface area contributed by atoms with Crippen molar-refractivity contribution in [1.82, 2.24) is 10.2 Å². The summed E-state index contributed by atoms with van der Waals surface area (Å²) in [5, 5.41) is 8.71. The maximum atomic E-state index is 5.63. The third-order valence-corrected chi connectivity index (χ3v) is 3.35. The number of nitrogens with zero attached hydrogens (tertiary/aromatic N) is 2. The van der Waals surface area contributed by atoms with Gasteiger partial charge < -0.3 is 4.42 Å². The van der Waals surface area contributed by atoms with E-state index in [0.717, 1.165) is 11.3 Å². The fourth-order valence-electron chi connectivity index (χ4n) is 1.44. The Balaban J connectivity index is 2.12. The highest BCUT2D eigenvalue weighted by Gasteiger charge is 2.09. The van der Waals surface area contributed by atoms with Crippen LogP contribution in [0.4, 0.5) is 0 Å². The zero-order chi connectivity index (χ0) is 12.3. The molecule has 0 unspecified atom stereocenters. The Labute approximate surface area is 106 Å². The van der Waals surface area contributed by atoms with E-state index in [1.807, 2.05) is 18.2 Å².